The molecular weight excluding hydrogens is 266 g/mol. The highest BCUT2D eigenvalue weighted by Crippen LogP contribution is 2.15. The largest absolute Gasteiger partial charge is 0.435 e. The molecule has 0 spiro atoms. The standard InChI is InChI=1S/C14H12F2N2O2/c1-18-11(8-9-17-18)4-7-13(19)10-2-5-12(6-3-10)20-14(15)16/h2-9,14H,1H3/b7-4+. The molecule has 0 fully saturated rings. The molecule has 1 aromatic heterocycles. The Kier molecular flexibility index (Phi) is 4.24. The molecule has 1 aromatic carbocycles. The molecule has 0 amide bonds. The Balaban J connectivity index is 2.06. The summed E-state index contributed by atoms with van der Waals surface area (Å²) in [4.78, 5) is 11.9. The summed E-state index contributed by atoms with van der Waals surface area (Å²) in [5, 5.41) is 3.97. The predicted octanol–water partition coefficient (Wildman–Crippen LogP) is 2.92. The Morgan fingerprint density at radius 2 is 2.00 bits per heavy atom. The molecule has 1 heterocycles. The van der Waals surface area contributed by atoms with Crippen LogP contribution in [-0.4, -0.2) is 22.2 Å². The van der Waals surface area contributed by atoms with Crippen molar-refractivity contribution in [2.45, 2.75) is 6.61 Å². The summed E-state index contributed by atoms with van der Waals surface area (Å²) in [5.41, 5.74) is 1.18. The fraction of sp³-hybridized carbons (Fsp3) is 0.143. The summed E-state index contributed by atoms with van der Waals surface area (Å²) in [6.07, 6.45) is 4.67. The molecule has 0 aliphatic rings. The summed E-state index contributed by atoms with van der Waals surface area (Å²) in [6.45, 7) is -2.87. The van der Waals surface area contributed by atoms with E-state index in [1.807, 2.05) is 0 Å². The van der Waals surface area contributed by atoms with Crippen molar-refractivity contribution in [1.82, 2.24) is 9.78 Å². The maximum absolute atomic E-state index is 12.0. The molecule has 104 valence electrons. The summed E-state index contributed by atoms with van der Waals surface area (Å²) in [7, 11) is 1.76. The van der Waals surface area contributed by atoms with E-state index >= 15 is 0 Å². The van der Waals surface area contributed by atoms with E-state index in [4.69, 9.17) is 0 Å². The number of carbonyl (C=O) groups is 1. The van der Waals surface area contributed by atoms with Crippen molar-refractivity contribution in [3.8, 4) is 5.75 Å². The number of nitrogens with zero attached hydrogens (tertiary/aromatic N) is 2. The second-order valence-corrected chi connectivity index (χ2v) is 3.98. The zero-order valence-electron chi connectivity index (χ0n) is 10.7. The van der Waals surface area contributed by atoms with Crippen LogP contribution in [0.15, 0.2) is 42.6 Å². The van der Waals surface area contributed by atoms with Crippen LogP contribution in [0.4, 0.5) is 8.78 Å². The number of hydrogen-bond donors (Lipinski definition) is 0. The number of aryl methyl sites for hydroxylation is 1. The van der Waals surface area contributed by atoms with Gasteiger partial charge in [0.25, 0.3) is 0 Å². The molecule has 0 aliphatic carbocycles. The SMILES string of the molecule is Cn1nccc1/C=C/C(=O)c1ccc(OC(F)F)cc1. The van der Waals surface area contributed by atoms with E-state index in [2.05, 4.69) is 9.84 Å². The zero-order chi connectivity index (χ0) is 14.5. The number of carbonyl (C=O) groups excluding carboxylic acids is 1. The number of halogens is 2. The summed E-state index contributed by atoms with van der Waals surface area (Å²) >= 11 is 0. The molecular formula is C14H12F2N2O2. The lowest BCUT2D eigenvalue weighted by Gasteiger charge is -2.04. The van der Waals surface area contributed by atoms with Gasteiger partial charge >= 0.3 is 6.61 Å². The smallest absolute Gasteiger partial charge is 0.387 e. The summed E-state index contributed by atoms with van der Waals surface area (Å²) in [6, 6.07) is 7.30. The minimum absolute atomic E-state index is 0.0205. The van der Waals surface area contributed by atoms with E-state index in [1.54, 1.807) is 30.1 Å². The number of alkyl halides is 2. The van der Waals surface area contributed by atoms with Gasteiger partial charge in [0.2, 0.25) is 0 Å². The normalized spacial score (nSPS) is 11.2. The maximum atomic E-state index is 12.0. The van der Waals surface area contributed by atoms with Gasteiger partial charge in [-0.05, 0) is 42.5 Å². The van der Waals surface area contributed by atoms with E-state index in [-0.39, 0.29) is 11.5 Å². The number of hydrogen-bond acceptors (Lipinski definition) is 3. The van der Waals surface area contributed by atoms with Gasteiger partial charge in [0.05, 0.1) is 5.69 Å². The third-order valence-corrected chi connectivity index (χ3v) is 2.63. The second kappa shape index (κ2) is 6.10. The molecule has 2 aromatic rings. The van der Waals surface area contributed by atoms with E-state index in [0.717, 1.165) is 5.69 Å². The topological polar surface area (TPSA) is 44.1 Å². The van der Waals surface area contributed by atoms with E-state index in [1.165, 1.54) is 30.3 Å². The van der Waals surface area contributed by atoms with E-state index in [0.29, 0.717) is 5.56 Å². The van der Waals surface area contributed by atoms with Crippen LogP contribution >= 0.6 is 0 Å². The fourth-order valence-electron chi connectivity index (χ4n) is 1.61. The predicted molar refractivity (Wildman–Crippen MR) is 69.6 cm³/mol. The van der Waals surface area contributed by atoms with Crippen molar-refractivity contribution in [3.63, 3.8) is 0 Å². The monoisotopic (exact) mass is 278 g/mol. The van der Waals surface area contributed by atoms with Gasteiger partial charge in [-0.3, -0.25) is 9.48 Å². The highest BCUT2D eigenvalue weighted by molar-refractivity contribution is 6.06. The molecule has 0 unspecified atom stereocenters. The van der Waals surface area contributed by atoms with Gasteiger partial charge < -0.3 is 4.74 Å². The first-order valence-corrected chi connectivity index (χ1v) is 5.81. The Hall–Kier alpha value is -2.50. The Morgan fingerprint density at radius 3 is 2.55 bits per heavy atom. The lowest BCUT2D eigenvalue weighted by Crippen LogP contribution is -2.02. The van der Waals surface area contributed by atoms with Crippen molar-refractivity contribution < 1.29 is 18.3 Å². The van der Waals surface area contributed by atoms with Crippen molar-refractivity contribution in [1.29, 1.82) is 0 Å². The van der Waals surface area contributed by atoms with Crippen LogP contribution in [0.1, 0.15) is 16.1 Å². The number of ether oxygens (including phenoxy) is 1. The number of allylic oxidation sites excluding steroid dienone is 1. The molecule has 0 atom stereocenters. The summed E-state index contributed by atoms with van der Waals surface area (Å²) < 4.78 is 29.8. The molecule has 0 bridgehead atoms. The van der Waals surface area contributed by atoms with Crippen LogP contribution < -0.4 is 4.74 Å². The quantitative estimate of drug-likeness (QED) is 0.624. The first-order valence-electron chi connectivity index (χ1n) is 5.81. The molecule has 0 N–H and O–H groups in total. The van der Waals surface area contributed by atoms with Gasteiger partial charge in [0.15, 0.2) is 5.78 Å². The van der Waals surface area contributed by atoms with Crippen molar-refractivity contribution in [2.75, 3.05) is 0 Å². The van der Waals surface area contributed by atoms with Gasteiger partial charge in [0.1, 0.15) is 5.75 Å². The number of rotatable bonds is 5. The van der Waals surface area contributed by atoms with Gasteiger partial charge in [-0.1, -0.05) is 0 Å². The fourth-order valence-corrected chi connectivity index (χ4v) is 1.61. The highest BCUT2D eigenvalue weighted by atomic mass is 19.3. The number of aromatic nitrogens is 2. The van der Waals surface area contributed by atoms with Crippen LogP contribution in [0, 0.1) is 0 Å². The van der Waals surface area contributed by atoms with E-state index in [9.17, 15) is 13.6 Å². The first-order chi connectivity index (χ1) is 9.56. The minimum atomic E-state index is -2.87. The molecule has 6 heteroatoms. The summed E-state index contributed by atoms with van der Waals surface area (Å²) in [5.74, 6) is -0.207. The van der Waals surface area contributed by atoms with Gasteiger partial charge in [-0.2, -0.15) is 13.9 Å². The average molecular weight is 278 g/mol. The zero-order valence-corrected chi connectivity index (χ0v) is 10.7. The van der Waals surface area contributed by atoms with Crippen molar-refractivity contribution in [2.24, 2.45) is 7.05 Å². The van der Waals surface area contributed by atoms with Crippen LogP contribution in [0.3, 0.4) is 0 Å². The Morgan fingerprint density at radius 1 is 1.30 bits per heavy atom. The highest BCUT2D eigenvalue weighted by Gasteiger charge is 2.06. The van der Waals surface area contributed by atoms with Crippen molar-refractivity contribution in [3.05, 3.63) is 53.9 Å². The number of ketones is 1. The third-order valence-electron chi connectivity index (χ3n) is 2.63. The molecule has 2 rings (SSSR count). The Bertz CT molecular complexity index is 618. The van der Waals surface area contributed by atoms with Crippen molar-refractivity contribution >= 4 is 11.9 Å². The molecule has 4 nitrogen and oxygen atoms in total. The maximum Gasteiger partial charge on any atom is 0.387 e. The van der Waals surface area contributed by atoms with Crippen LogP contribution in [-0.2, 0) is 7.05 Å². The van der Waals surface area contributed by atoms with Crippen LogP contribution in [0.2, 0.25) is 0 Å². The van der Waals surface area contributed by atoms with Gasteiger partial charge in [-0.25, -0.2) is 0 Å². The average Bonchev–Trinajstić information content (AvgIpc) is 2.82. The lowest BCUT2D eigenvalue weighted by atomic mass is 10.1. The van der Waals surface area contributed by atoms with Gasteiger partial charge in [0, 0.05) is 18.8 Å². The number of benzene rings is 1. The lowest BCUT2D eigenvalue weighted by molar-refractivity contribution is -0.0498. The third kappa shape index (κ3) is 3.50. The molecule has 0 saturated heterocycles. The second-order valence-electron chi connectivity index (χ2n) is 3.98. The minimum Gasteiger partial charge on any atom is -0.435 e. The molecule has 0 radical (unpaired) electrons. The van der Waals surface area contributed by atoms with Crippen LogP contribution in [0.5, 0.6) is 5.75 Å². The Labute approximate surface area is 114 Å². The van der Waals surface area contributed by atoms with Crippen LogP contribution in [0.25, 0.3) is 6.08 Å². The molecule has 0 aliphatic heterocycles. The van der Waals surface area contributed by atoms with E-state index < -0.39 is 6.61 Å². The first kappa shape index (κ1) is 13.9. The molecule has 20 heavy (non-hydrogen) atoms. The van der Waals surface area contributed by atoms with Gasteiger partial charge in [-0.15, -0.1) is 0 Å². The molecule has 0 saturated carbocycles.